The predicted octanol–water partition coefficient (Wildman–Crippen LogP) is 3.76. The van der Waals surface area contributed by atoms with Crippen molar-refractivity contribution < 1.29 is 9.47 Å². The van der Waals surface area contributed by atoms with Gasteiger partial charge in [-0.15, -0.1) is 24.0 Å². The zero-order chi connectivity index (χ0) is 21.2. The van der Waals surface area contributed by atoms with Crippen molar-refractivity contribution in [2.24, 2.45) is 4.99 Å². The lowest BCUT2D eigenvalue weighted by Crippen LogP contribution is -2.38. The zero-order valence-corrected chi connectivity index (χ0v) is 21.1. The molecule has 31 heavy (non-hydrogen) atoms. The second-order valence-electron chi connectivity index (χ2n) is 7.40. The number of nitrogens with one attached hydrogen (secondary N) is 2. The summed E-state index contributed by atoms with van der Waals surface area (Å²) in [5.41, 5.74) is 4.90. The van der Waals surface area contributed by atoms with E-state index in [-0.39, 0.29) is 24.0 Å². The smallest absolute Gasteiger partial charge is 0.191 e. The maximum absolute atomic E-state index is 5.50. The standard InChI is InChI=1S/C24H34N4O2.HI/c1-4-25-24(26-12-11-20-10-9-19(2)23(17-20)29-3)27-18-21-7-5-6-8-22(21)28-13-15-30-16-14-28;/h5-10,17H,4,11-16,18H2,1-3H3,(H2,25,26,27);1H. The summed E-state index contributed by atoms with van der Waals surface area (Å²) in [4.78, 5) is 7.22. The molecule has 7 heteroatoms. The van der Waals surface area contributed by atoms with Crippen LogP contribution in [0.4, 0.5) is 5.69 Å². The molecule has 2 aromatic carbocycles. The Bertz CT molecular complexity index is 838. The molecule has 6 nitrogen and oxygen atoms in total. The number of hydrogen-bond donors (Lipinski definition) is 2. The second kappa shape index (κ2) is 13.4. The maximum atomic E-state index is 5.50. The summed E-state index contributed by atoms with van der Waals surface area (Å²) in [5, 5.41) is 6.81. The molecule has 3 rings (SSSR count). The molecule has 0 atom stereocenters. The van der Waals surface area contributed by atoms with E-state index in [0.717, 1.165) is 63.1 Å². The maximum Gasteiger partial charge on any atom is 0.191 e. The van der Waals surface area contributed by atoms with E-state index in [2.05, 4.69) is 71.8 Å². The molecule has 1 aliphatic rings. The third-order valence-corrected chi connectivity index (χ3v) is 5.27. The number of para-hydroxylation sites is 1. The van der Waals surface area contributed by atoms with Gasteiger partial charge in [0.05, 0.1) is 26.9 Å². The average molecular weight is 538 g/mol. The van der Waals surface area contributed by atoms with Gasteiger partial charge in [-0.1, -0.05) is 30.3 Å². The van der Waals surface area contributed by atoms with Gasteiger partial charge in [-0.3, -0.25) is 0 Å². The summed E-state index contributed by atoms with van der Waals surface area (Å²) in [6.07, 6.45) is 0.908. The van der Waals surface area contributed by atoms with Gasteiger partial charge in [0.15, 0.2) is 5.96 Å². The normalized spacial score (nSPS) is 14.0. The first-order valence-corrected chi connectivity index (χ1v) is 10.8. The van der Waals surface area contributed by atoms with Gasteiger partial charge in [0.25, 0.3) is 0 Å². The van der Waals surface area contributed by atoms with Crippen LogP contribution in [0.3, 0.4) is 0 Å². The molecule has 0 aromatic heterocycles. The average Bonchev–Trinajstić information content (AvgIpc) is 2.79. The number of rotatable bonds is 8. The fourth-order valence-electron chi connectivity index (χ4n) is 3.61. The number of aliphatic imine (C=N–C) groups is 1. The Balaban J connectivity index is 0.00000341. The molecule has 2 N–H and O–H groups in total. The lowest BCUT2D eigenvalue weighted by atomic mass is 10.1. The molecule has 1 saturated heterocycles. The van der Waals surface area contributed by atoms with Crippen molar-refractivity contribution in [1.82, 2.24) is 10.6 Å². The van der Waals surface area contributed by atoms with Gasteiger partial charge >= 0.3 is 0 Å². The van der Waals surface area contributed by atoms with Crippen LogP contribution in [0.15, 0.2) is 47.5 Å². The lowest BCUT2D eigenvalue weighted by Gasteiger charge is -2.30. The highest BCUT2D eigenvalue weighted by molar-refractivity contribution is 14.0. The van der Waals surface area contributed by atoms with Crippen LogP contribution >= 0.6 is 24.0 Å². The number of guanidine groups is 1. The number of anilines is 1. The molecule has 0 bridgehead atoms. The van der Waals surface area contributed by atoms with Crippen LogP contribution in [0.1, 0.15) is 23.6 Å². The van der Waals surface area contributed by atoms with E-state index in [9.17, 15) is 0 Å². The summed E-state index contributed by atoms with van der Waals surface area (Å²) < 4.78 is 10.9. The zero-order valence-electron chi connectivity index (χ0n) is 18.8. The molecule has 1 aliphatic heterocycles. The largest absolute Gasteiger partial charge is 0.496 e. The number of methoxy groups -OCH3 is 1. The van der Waals surface area contributed by atoms with Gasteiger partial charge in [0.1, 0.15) is 5.75 Å². The molecule has 0 radical (unpaired) electrons. The Labute approximate surface area is 203 Å². The van der Waals surface area contributed by atoms with Crippen LogP contribution in [0.2, 0.25) is 0 Å². The molecule has 2 aromatic rings. The fraction of sp³-hybridized carbons (Fsp3) is 0.458. The summed E-state index contributed by atoms with van der Waals surface area (Å²) in [6.45, 7) is 9.85. The van der Waals surface area contributed by atoms with Crippen molar-refractivity contribution in [2.45, 2.75) is 26.8 Å². The highest BCUT2D eigenvalue weighted by Crippen LogP contribution is 2.22. The second-order valence-corrected chi connectivity index (χ2v) is 7.40. The molecule has 1 heterocycles. The number of aryl methyl sites for hydroxylation is 1. The number of halogens is 1. The first-order valence-electron chi connectivity index (χ1n) is 10.8. The highest BCUT2D eigenvalue weighted by Gasteiger charge is 2.14. The predicted molar refractivity (Wildman–Crippen MR) is 139 cm³/mol. The third kappa shape index (κ3) is 7.57. The number of benzene rings is 2. The van der Waals surface area contributed by atoms with Gasteiger partial charge in [0, 0.05) is 31.9 Å². The fourth-order valence-corrected chi connectivity index (χ4v) is 3.61. The van der Waals surface area contributed by atoms with E-state index in [1.807, 2.05) is 0 Å². The summed E-state index contributed by atoms with van der Waals surface area (Å²) >= 11 is 0. The Morgan fingerprint density at radius 2 is 1.90 bits per heavy atom. The van der Waals surface area contributed by atoms with E-state index in [4.69, 9.17) is 14.5 Å². The Morgan fingerprint density at radius 3 is 2.65 bits per heavy atom. The van der Waals surface area contributed by atoms with Gasteiger partial charge in [-0.05, 0) is 49.1 Å². The molecule has 1 fully saturated rings. The highest BCUT2D eigenvalue weighted by atomic mass is 127. The van der Waals surface area contributed by atoms with Crippen LogP contribution in [-0.2, 0) is 17.7 Å². The monoisotopic (exact) mass is 538 g/mol. The summed E-state index contributed by atoms with van der Waals surface area (Å²) in [5.74, 6) is 1.78. The van der Waals surface area contributed by atoms with Crippen LogP contribution in [0.25, 0.3) is 0 Å². The number of hydrogen-bond acceptors (Lipinski definition) is 4. The van der Waals surface area contributed by atoms with Crippen LogP contribution in [-0.4, -0.2) is 52.5 Å². The van der Waals surface area contributed by atoms with Crippen molar-refractivity contribution in [3.05, 3.63) is 59.2 Å². The molecule has 0 aliphatic carbocycles. The van der Waals surface area contributed by atoms with E-state index in [0.29, 0.717) is 6.54 Å². The molecule has 0 spiro atoms. The quantitative estimate of drug-likeness (QED) is 0.305. The minimum Gasteiger partial charge on any atom is -0.496 e. The van der Waals surface area contributed by atoms with Crippen LogP contribution < -0.4 is 20.3 Å². The van der Waals surface area contributed by atoms with E-state index in [1.54, 1.807) is 7.11 Å². The molecule has 0 saturated carbocycles. The molecular weight excluding hydrogens is 503 g/mol. The lowest BCUT2D eigenvalue weighted by molar-refractivity contribution is 0.122. The van der Waals surface area contributed by atoms with Crippen LogP contribution in [0, 0.1) is 6.92 Å². The van der Waals surface area contributed by atoms with Crippen molar-refractivity contribution in [2.75, 3.05) is 51.4 Å². The van der Waals surface area contributed by atoms with Crippen molar-refractivity contribution >= 4 is 35.6 Å². The summed E-state index contributed by atoms with van der Waals surface area (Å²) in [6, 6.07) is 14.9. The molecule has 0 amide bonds. The number of morpholine rings is 1. The molecule has 0 unspecified atom stereocenters. The van der Waals surface area contributed by atoms with Gasteiger partial charge in [-0.2, -0.15) is 0 Å². The topological polar surface area (TPSA) is 58.1 Å². The van der Waals surface area contributed by atoms with Gasteiger partial charge in [-0.25, -0.2) is 4.99 Å². The third-order valence-electron chi connectivity index (χ3n) is 5.27. The summed E-state index contributed by atoms with van der Waals surface area (Å²) in [7, 11) is 1.72. The number of nitrogens with zero attached hydrogens (tertiary/aromatic N) is 2. The minimum absolute atomic E-state index is 0. The van der Waals surface area contributed by atoms with Gasteiger partial charge < -0.3 is 25.0 Å². The van der Waals surface area contributed by atoms with Crippen molar-refractivity contribution in [3.63, 3.8) is 0 Å². The van der Waals surface area contributed by atoms with E-state index < -0.39 is 0 Å². The SMILES string of the molecule is CCNC(=NCc1ccccc1N1CCOCC1)NCCc1ccc(C)c(OC)c1.I. The molecular formula is C24H35IN4O2. The molecule has 170 valence electrons. The minimum atomic E-state index is 0. The van der Waals surface area contributed by atoms with Crippen molar-refractivity contribution in [1.29, 1.82) is 0 Å². The van der Waals surface area contributed by atoms with Crippen LogP contribution in [0.5, 0.6) is 5.75 Å². The first-order chi connectivity index (χ1) is 14.7. The van der Waals surface area contributed by atoms with E-state index >= 15 is 0 Å². The first kappa shape index (κ1) is 25.3. The Kier molecular flexibility index (Phi) is 10.9. The Morgan fingerprint density at radius 1 is 1.13 bits per heavy atom. The Hall–Kier alpha value is -2.00. The van der Waals surface area contributed by atoms with E-state index in [1.165, 1.54) is 16.8 Å². The van der Waals surface area contributed by atoms with Gasteiger partial charge in [0.2, 0.25) is 0 Å². The van der Waals surface area contributed by atoms with Crippen molar-refractivity contribution in [3.8, 4) is 5.75 Å². The number of ether oxygens (including phenoxy) is 2.